The molecule has 0 saturated carbocycles. The van der Waals surface area contributed by atoms with Gasteiger partial charge in [0.15, 0.2) is 5.69 Å². The van der Waals surface area contributed by atoms with Gasteiger partial charge in [-0.15, -0.1) is 10.2 Å². The lowest BCUT2D eigenvalue weighted by molar-refractivity contribution is -0.117. The number of aromatic nitrogens is 1. The summed E-state index contributed by atoms with van der Waals surface area (Å²) < 4.78 is 11.4. The number of aromatic amines is 1. The molecule has 3 heterocycles. The summed E-state index contributed by atoms with van der Waals surface area (Å²) >= 11 is 3.48. The van der Waals surface area contributed by atoms with Gasteiger partial charge in [-0.05, 0) is 58.2 Å². The van der Waals surface area contributed by atoms with Gasteiger partial charge in [0.25, 0.3) is 11.8 Å². The Hall–Kier alpha value is -3.28. The molecular formula is C26H28BrN5O5. The summed E-state index contributed by atoms with van der Waals surface area (Å²) in [4.78, 5) is 30.3. The topological polar surface area (TPSA) is 129 Å². The molecule has 1 saturated heterocycles. The first-order valence-corrected chi connectivity index (χ1v) is 13.1. The summed E-state index contributed by atoms with van der Waals surface area (Å²) in [5.41, 5.74) is 2.99. The maximum atomic E-state index is 12.7. The van der Waals surface area contributed by atoms with E-state index in [1.54, 1.807) is 12.1 Å². The van der Waals surface area contributed by atoms with Crippen molar-refractivity contribution in [1.29, 1.82) is 0 Å². The zero-order valence-corrected chi connectivity index (χ0v) is 21.8. The number of rotatable bonds is 8. The van der Waals surface area contributed by atoms with Crippen LogP contribution in [-0.4, -0.2) is 72.8 Å². The highest BCUT2D eigenvalue weighted by Gasteiger charge is 2.18. The van der Waals surface area contributed by atoms with Crippen LogP contribution < -0.4 is 10.1 Å². The van der Waals surface area contributed by atoms with Gasteiger partial charge in [-0.25, -0.2) is 0 Å². The molecule has 0 spiro atoms. The number of hydrogen-bond acceptors (Lipinski definition) is 7. The van der Waals surface area contributed by atoms with Crippen LogP contribution in [0.25, 0.3) is 10.9 Å². The molecule has 1 aromatic heterocycles. The van der Waals surface area contributed by atoms with E-state index >= 15 is 0 Å². The Kier molecular flexibility index (Phi) is 7.82. The number of nitrogens with one attached hydrogen (secondary N) is 2. The van der Waals surface area contributed by atoms with E-state index in [9.17, 15) is 14.7 Å². The molecule has 0 radical (unpaired) electrons. The number of H-pyrrole nitrogens is 1. The standard InChI is InChI=1S/C26H28BrN5O5/c27-19-14-18(25(34)28-5-1-6-32-7-10-36-11-8-32)15-20-23(19)24(26(35)29-20)31-30-22(33)13-16-2-3-21-17(12-16)4-9-37-21/h2-3,12,14-15,29,35H,1,4-11,13H2,(H,28,34). The number of amides is 2. The first kappa shape index (κ1) is 25.4. The van der Waals surface area contributed by atoms with Crippen molar-refractivity contribution in [2.75, 3.05) is 46.0 Å². The van der Waals surface area contributed by atoms with Gasteiger partial charge in [0.2, 0.25) is 5.88 Å². The molecule has 3 N–H and O–H groups in total. The van der Waals surface area contributed by atoms with Gasteiger partial charge in [0.05, 0.1) is 31.8 Å². The molecule has 2 aliphatic heterocycles. The van der Waals surface area contributed by atoms with Crippen molar-refractivity contribution in [2.24, 2.45) is 10.2 Å². The second-order valence-corrected chi connectivity index (χ2v) is 9.93. The van der Waals surface area contributed by atoms with Crippen LogP contribution in [0.15, 0.2) is 45.0 Å². The highest BCUT2D eigenvalue weighted by Crippen LogP contribution is 2.40. The maximum Gasteiger partial charge on any atom is 0.269 e. The monoisotopic (exact) mass is 569 g/mol. The van der Waals surface area contributed by atoms with Crippen molar-refractivity contribution in [3.63, 3.8) is 0 Å². The quantitative estimate of drug-likeness (QED) is 0.279. The van der Waals surface area contributed by atoms with Gasteiger partial charge in [0.1, 0.15) is 5.75 Å². The summed E-state index contributed by atoms with van der Waals surface area (Å²) in [6, 6.07) is 8.96. The molecule has 194 valence electrons. The van der Waals surface area contributed by atoms with Crippen LogP contribution in [0, 0.1) is 0 Å². The minimum atomic E-state index is -0.434. The summed E-state index contributed by atoms with van der Waals surface area (Å²) in [6.07, 6.45) is 1.76. The molecule has 11 heteroatoms. The van der Waals surface area contributed by atoms with Crippen LogP contribution in [0.2, 0.25) is 0 Å². The molecule has 10 nitrogen and oxygen atoms in total. The highest BCUT2D eigenvalue weighted by molar-refractivity contribution is 9.10. The van der Waals surface area contributed by atoms with E-state index in [0.29, 0.717) is 34.1 Å². The summed E-state index contributed by atoms with van der Waals surface area (Å²) in [6.45, 7) is 5.46. The van der Waals surface area contributed by atoms with Crippen LogP contribution in [0.3, 0.4) is 0 Å². The zero-order chi connectivity index (χ0) is 25.8. The van der Waals surface area contributed by atoms with Gasteiger partial charge >= 0.3 is 0 Å². The van der Waals surface area contributed by atoms with E-state index < -0.39 is 5.91 Å². The van der Waals surface area contributed by atoms with Crippen LogP contribution in [0.4, 0.5) is 5.69 Å². The van der Waals surface area contributed by atoms with Crippen LogP contribution in [-0.2, 0) is 22.4 Å². The predicted octanol–water partition coefficient (Wildman–Crippen LogP) is 3.88. The number of nitrogens with zero attached hydrogens (tertiary/aromatic N) is 3. The average Bonchev–Trinajstić information content (AvgIpc) is 3.49. The smallest absolute Gasteiger partial charge is 0.269 e. The lowest BCUT2D eigenvalue weighted by Crippen LogP contribution is -2.38. The van der Waals surface area contributed by atoms with E-state index in [1.165, 1.54) is 0 Å². The number of ether oxygens (including phenoxy) is 2. The molecule has 3 aromatic rings. The fraction of sp³-hybridized carbons (Fsp3) is 0.385. The van der Waals surface area contributed by atoms with E-state index in [-0.39, 0.29) is 23.9 Å². The number of fused-ring (bicyclic) bond motifs is 2. The fourth-order valence-corrected chi connectivity index (χ4v) is 5.22. The lowest BCUT2D eigenvalue weighted by atomic mass is 10.1. The number of halogens is 1. The summed E-state index contributed by atoms with van der Waals surface area (Å²) in [5, 5.41) is 21.7. The Labute approximate surface area is 222 Å². The first-order valence-electron chi connectivity index (χ1n) is 12.3. The third-order valence-corrected chi connectivity index (χ3v) is 7.10. The van der Waals surface area contributed by atoms with Gasteiger partial charge in [0, 0.05) is 41.5 Å². The minimum Gasteiger partial charge on any atom is -0.493 e. The average molecular weight is 570 g/mol. The number of carbonyl (C=O) groups excluding carboxylic acids is 2. The molecule has 0 unspecified atom stereocenters. The Balaban J connectivity index is 1.22. The highest BCUT2D eigenvalue weighted by atomic mass is 79.9. The van der Waals surface area contributed by atoms with Gasteiger partial charge < -0.3 is 24.9 Å². The van der Waals surface area contributed by atoms with Crippen molar-refractivity contribution in [1.82, 2.24) is 15.2 Å². The minimum absolute atomic E-state index is 0.0942. The number of aromatic hydroxyl groups is 1. The molecule has 0 aliphatic carbocycles. The summed E-state index contributed by atoms with van der Waals surface area (Å²) in [7, 11) is 0. The van der Waals surface area contributed by atoms with Crippen molar-refractivity contribution >= 4 is 44.3 Å². The Morgan fingerprint density at radius 2 is 2.00 bits per heavy atom. The largest absolute Gasteiger partial charge is 0.493 e. The predicted molar refractivity (Wildman–Crippen MR) is 141 cm³/mol. The van der Waals surface area contributed by atoms with Crippen molar-refractivity contribution in [2.45, 2.75) is 19.3 Å². The van der Waals surface area contributed by atoms with Crippen molar-refractivity contribution in [3.8, 4) is 11.6 Å². The molecule has 2 amide bonds. The van der Waals surface area contributed by atoms with Gasteiger partial charge in [-0.1, -0.05) is 12.1 Å². The van der Waals surface area contributed by atoms with Crippen LogP contribution >= 0.6 is 15.9 Å². The number of carbonyl (C=O) groups is 2. The molecule has 1 fully saturated rings. The third-order valence-electron chi connectivity index (χ3n) is 6.48. The molecule has 0 bridgehead atoms. The molecule has 37 heavy (non-hydrogen) atoms. The van der Waals surface area contributed by atoms with Gasteiger partial charge in [-0.2, -0.15) is 0 Å². The number of hydrogen-bond donors (Lipinski definition) is 3. The van der Waals surface area contributed by atoms with Crippen molar-refractivity contribution in [3.05, 3.63) is 51.5 Å². The lowest BCUT2D eigenvalue weighted by Gasteiger charge is -2.26. The normalized spacial score (nSPS) is 15.7. The Morgan fingerprint density at radius 3 is 2.84 bits per heavy atom. The Morgan fingerprint density at radius 1 is 1.16 bits per heavy atom. The number of benzene rings is 2. The first-order chi connectivity index (χ1) is 18.0. The maximum absolute atomic E-state index is 12.7. The second kappa shape index (κ2) is 11.4. The molecule has 2 aromatic carbocycles. The fourth-order valence-electron chi connectivity index (χ4n) is 4.58. The van der Waals surface area contributed by atoms with Crippen LogP contribution in [0.1, 0.15) is 27.9 Å². The van der Waals surface area contributed by atoms with Crippen molar-refractivity contribution < 1.29 is 24.2 Å². The molecule has 0 atom stereocenters. The number of azo groups is 1. The van der Waals surface area contributed by atoms with E-state index in [2.05, 4.69) is 41.4 Å². The van der Waals surface area contributed by atoms with E-state index in [4.69, 9.17) is 9.47 Å². The Bertz CT molecular complexity index is 1350. The molecule has 5 rings (SSSR count). The zero-order valence-electron chi connectivity index (χ0n) is 20.3. The summed E-state index contributed by atoms with van der Waals surface area (Å²) in [5.74, 6) is -0.0222. The van der Waals surface area contributed by atoms with E-state index in [0.717, 1.165) is 62.6 Å². The second-order valence-electron chi connectivity index (χ2n) is 9.08. The molecular weight excluding hydrogens is 542 g/mol. The van der Waals surface area contributed by atoms with E-state index in [1.807, 2.05) is 18.2 Å². The number of morpholine rings is 1. The SMILES string of the molecule is O=C(Cc1ccc2c(c1)CCO2)N=Nc1c(O)[nH]c2cc(C(=O)NCCCN3CCOCC3)cc(Br)c12. The van der Waals surface area contributed by atoms with Gasteiger partial charge in [-0.3, -0.25) is 14.5 Å². The third kappa shape index (κ3) is 6.00. The molecule has 2 aliphatic rings. The van der Waals surface area contributed by atoms with Crippen LogP contribution in [0.5, 0.6) is 11.6 Å².